The molecule has 1 nitrogen and oxygen atoms in total. The van der Waals surface area contributed by atoms with E-state index in [1.165, 1.54) is 50.6 Å². The molecule has 0 radical (unpaired) electrons. The Balaban J connectivity index is 1.41. The molecule has 1 atom stereocenters. The molecule has 0 heterocycles. The van der Waals surface area contributed by atoms with Gasteiger partial charge in [-0.15, -0.1) is 0 Å². The van der Waals surface area contributed by atoms with E-state index in [1.54, 1.807) is 0 Å². The lowest BCUT2D eigenvalue weighted by Crippen LogP contribution is -2.30. The first-order chi connectivity index (χ1) is 9.42. The van der Waals surface area contributed by atoms with E-state index in [-0.39, 0.29) is 0 Å². The highest BCUT2D eigenvalue weighted by molar-refractivity contribution is 5.21. The summed E-state index contributed by atoms with van der Waals surface area (Å²) in [7, 11) is 0. The van der Waals surface area contributed by atoms with Gasteiger partial charge in [0.25, 0.3) is 0 Å². The number of rotatable bonds is 7. The van der Waals surface area contributed by atoms with Gasteiger partial charge in [-0.2, -0.15) is 0 Å². The quantitative estimate of drug-likeness (QED) is 0.771. The zero-order valence-corrected chi connectivity index (χ0v) is 11.7. The van der Waals surface area contributed by atoms with Crippen LogP contribution in [0.2, 0.25) is 0 Å². The minimum Gasteiger partial charge on any atom is -0.309 e. The largest absolute Gasteiger partial charge is 0.309 e. The van der Waals surface area contributed by atoms with Gasteiger partial charge in [-0.3, -0.25) is 0 Å². The second-order valence-electron chi connectivity index (χ2n) is 6.97. The third-order valence-electron chi connectivity index (χ3n) is 5.28. The first-order valence-corrected chi connectivity index (χ1v) is 8.20. The lowest BCUT2D eigenvalue weighted by atomic mass is 9.96. The van der Waals surface area contributed by atoms with Crippen molar-refractivity contribution in [3.05, 3.63) is 35.9 Å². The van der Waals surface area contributed by atoms with E-state index in [1.807, 2.05) is 0 Å². The van der Waals surface area contributed by atoms with E-state index < -0.39 is 0 Å². The standard InChI is InChI=1S/C18H25N/c1-2-4-15(5-3-1)18(16-10-11-16)19-12-17(13-6-7-13)14-8-9-14/h1-5,13-14,16-19H,6-12H2. The van der Waals surface area contributed by atoms with Crippen molar-refractivity contribution < 1.29 is 0 Å². The molecule has 1 aromatic rings. The fourth-order valence-corrected chi connectivity index (χ4v) is 3.68. The second-order valence-corrected chi connectivity index (χ2v) is 6.97. The van der Waals surface area contributed by atoms with Crippen LogP contribution in [0.15, 0.2) is 30.3 Å². The van der Waals surface area contributed by atoms with Gasteiger partial charge in [0.1, 0.15) is 0 Å². The van der Waals surface area contributed by atoms with Crippen molar-refractivity contribution in [2.75, 3.05) is 6.54 Å². The zero-order valence-electron chi connectivity index (χ0n) is 11.7. The molecule has 0 amide bonds. The molecular formula is C18H25N. The Morgan fingerprint density at radius 3 is 1.95 bits per heavy atom. The maximum atomic E-state index is 3.94. The van der Waals surface area contributed by atoms with E-state index in [2.05, 4.69) is 35.6 Å². The molecular weight excluding hydrogens is 230 g/mol. The molecule has 3 saturated carbocycles. The van der Waals surface area contributed by atoms with Crippen LogP contribution in [0, 0.1) is 23.7 Å². The predicted octanol–water partition coefficient (Wildman–Crippen LogP) is 4.16. The molecule has 1 heteroatoms. The van der Waals surface area contributed by atoms with Crippen molar-refractivity contribution >= 4 is 0 Å². The van der Waals surface area contributed by atoms with Gasteiger partial charge in [0.05, 0.1) is 0 Å². The van der Waals surface area contributed by atoms with E-state index in [0.29, 0.717) is 6.04 Å². The van der Waals surface area contributed by atoms with Crippen LogP contribution in [0.1, 0.15) is 50.1 Å². The fraction of sp³-hybridized carbons (Fsp3) is 0.667. The topological polar surface area (TPSA) is 12.0 Å². The van der Waals surface area contributed by atoms with Crippen molar-refractivity contribution in [2.24, 2.45) is 23.7 Å². The monoisotopic (exact) mass is 255 g/mol. The SMILES string of the molecule is c1ccc(C(NCC(C2CC2)C2CC2)C2CC2)cc1. The Bertz CT molecular complexity index is 403. The number of nitrogens with one attached hydrogen (secondary N) is 1. The number of benzene rings is 1. The van der Waals surface area contributed by atoms with E-state index in [4.69, 9.17) is 0 Å². The van der Waals surface area contributed by atoms with Gasteiger partial charge in [0.2, 0.25) is 0 Å². The molecule has 3 fully saturated rings. The highest BCUT2D eigenvalue weighted by atomic mass is 14.9. The average Bonchev–Trinajstić information content (AvgIpc) is 3.30. The fourth-order valence-electron chi connectivity index (χ4n) is 3.68. The Hall–Kier alpha value is -0.820. The smallest absolute Gasteiger partial charge is 0.0348 e. The molecule has 19 heavy (non-hydrogen) atoms. The van der Waals surface area contributed by atoms with Crippen LogP contribution in [0.4, 0.5) is 0 Å². The summed E-state index contributed by atoms with van der Waals surface area (Å²) < 4.78 is 0. The molecule has 0 aliphatic heterocycles. The normalized spacial score (nSPS) is 24.7. The van der Waals surface area contributed by atoms with Crippen LogP contribution >= 0.6 is 0 Å². The van der Waals surface area contributed by atoms with Crippen LogP contribution in [-0.2, 0) is 0 Å². The average molecular weight is 255 g/mol. The summed E-state index contributed by atoms with van der Waals surface area (Å²) in [6.45, 7) is 1.27. The Morgan fingerprint density at radius 1 is 0.842 bits per heavy atom. The van der Waals surface area contributed by atoms with Gasteiger partial charge < -0.3 is 5.32 Å². The van der Waals surface area contributed by atoms with Gasteiger partial charge in [0.15, 0.2) is 0 Å². The number of hydrogen-bond donors (Lipinski definition) is 1. The van der Waals surface area contributed by atoms with Crippen molar-refractivity contribution in [1.29, 1.82) is 0 Å². The Morgan fingerprint density at radius 2 is 1.42 bits per heavy atom. The highest BCUT2D eigenvalue weighted by Crippen LogP contribution is 2.49. The molecule has 0 bridgehead atoms. The van der Waals surface area contributed by atoms with Gasteiger partial charge in [-0.05, 0) is 74.3 Å². The van der Waals surface area contributed by atoms with Crippen LogP contribution in [0.25, 0.3) is 0 Å². The maximum absolute atomic E-state index is 3.94. The van der Waals surface area contributed by atoms with E-state index in [0.717, 1.165) is 23.7 Å². The first-order valence-electron chi connectivity index (χ1n) is 8.20. The summed E-state index contributed by atoms with van der Waals surface area (Å²) in [6.07, 6.45) is 8.85. The molecule has 3 aliphatic carbocycles. The lowest BCUT2D eigenvalue weighted by Gasteiger charge is -2.23. The molecule has 0 aromatic heterocycles. The zero-order chi connectivity index (χ0) is 12.7. The molecule has 0 saturated heterocycles. The Kier molecular flexibility index (Phi) is 3.11. The predicted molar refractivity (Wildman–Crippen MR) is 78.8 cm³/mol. The molecule has 3 aliphatic rings. The van der Waals surface area contributed by atoms with Gasteiger partial charge in [-0.1, -0.05) is 30.3 Å². The Labute approximate surface area is 116 Å². The van der Waals surface area contributed by atoms with Crippen molar-refractivity contribution in [2.45, 2.75) is 44.6 Å². The van der Waals surface area contributed by atoms with E-state index >= 15 is 0 Å². The summed E-state index contributed by atoms with van der Waals surface area (Å²) in [6, 6.07) is 11.7. The van der Waals surface area contributed by atoms with Crippen molar-refractivity contribution in [1.82, 2.24) is 5.32 Å². The molecule has 0 spiro atoms. The summed E-state index contributed by atoms with van der Waals surface area (Å²) >= 11 is 0. The lowest BCUT2D eigenvalue weighted by molar-refractivity contribution is 0.344. The third-order valence-corrected chi connectivity index (χ3v) is 5.28. The summed E-state index contributed by atoms with van der Waals surface area (Å²) in [5, 5.41) is 3.94. The first kappa shape index (κ1) is 12.0. The van der Waals surface area contributed by atoms with E-state index in [9.17, 15) is 0 Å². The summed E-state index contributed by atoms with van der Waals surface area (Å²) in [4.78, 5) is 0. The molecule has 1 N–H and O–H groups in total. The highest BCUT2D eigenvalue weighted by Gasteiger charge is 2.42. The van der Waals surface area contributed by atoms with Gasteiger partial charge in [0, 0.05) is 6.04 Å². The van der Waals surface area contributed by atoms with Crippen LogP contribution < -0.4 is 5.32 Å². The van der Waals surface area contributed by atoms with Crippen molar-refractivity contribution in [3.8, 4) is 0 Å². The molecule has 1 aromatic carbocycles. The summed E-state index contributed by atoms with van der Waals surface area (Å²) in [5.74, 6) is 4.03. The molecule has 4 rings (SSSR count). The van der Waals surface area contributed by atoms with Crippen molar-refractivity contribution in [3.63, 3.8) is 0 Å². The summed E-state index contributed by atoms with van der Waals surface area (Å²) in [5.41, 5.74) is 1.51. The molecule has 102 valence electrons. The molecule has 1 unspecified atom stereocenters. The van der Waals surface area contributed by atoms with Crippen LogP contribution in [-0.4, -0.2) is 6.54 Å². The van der Waals surface area contributed by atoms with Crippen LogP contribution in [0.5, 0.6) is 0 Å². The number of hydrogen-bond acceptors (Lipinski definition) is 1. The third kappa shape index (κ3) is 2.86. The van der Waals surface area contributed by atoms with Gasteiger partial charge >= 0.3 is 0 Å². The minimum absolute atomic E-state index is 0.626. The van der Waals surface area contributed by atoms with Crippen LogP contribution in [0.3, 0.4) is 0 Å². The maximum Gasteiger partial charge on any atom is 0.0348 e. The van der Waals surface area contributed by atoms with Gasteiger partial charge in [-0.25, -0.2) is 0 Å². The minimum atomic E-state index is 0.626. The second kappa shape index (κ2) is 4.94.